The fraction of sp³-hybridized carbons (Fsp3) is 0.333. The Balaban J connectivity index is 1.69. The van der Waals surface area contributed by atoms with Gasteiger partial charge < -0.3 is 5.32 Å². The highest BCUT2D eigenvalue weighted by Gasteiger charge is 2.27. The number of carbonyl (C=O) groups is 1. The van der Waals surface area contributed by atoms with Gasteiger partial charge >= 0.3 is 0 Å². The largest absolute Gasteiger partial charge is 0.345 e. The second-order valence-electron chi connectivity index (χ2n) is 5.21. The van der Waals surface area contributed by atoms with Gasteiger partial charge in [0.1, 0.15) is 10.7 Å². The molecule has 0 spiro atoms. The first kappa shape index (κ1) is 14.5. The molecule has 1 aromatic carbocycles. The van der Waals surface area contributed by atoms with Crippen LogP contribution < -0.4 is 5.32 Å². The summed E-state index contributed by atoms with van der Waals surface area (Å²) in [6.07, 6.45) is 3.95. The maximum atomic E-state index is 13.1. The molecule has 3 rings (SSSR count). The Kier molecular flexibility index (Phi) is 3.95. The number of rotatable bonds is 4. The van der Waals surface area contributed by atoms with Crippen molar-refractivity contribution < 1.29 is 9.18 Å². The first-order chi connectivity index (χ1) is 10.0. The van der Waals surface area contributed by atoms with Crippen LogP contribution in [-0.4, -0.2) is 10.9 Å². The second kappa shape index (κ2) is 5.73. The van der Waals surface area contributed by atoms with Gasteiger partial charge in [0.2, 0.25) is 0 Å². The molecule has 3 nitrogen and oxygen atoms in total. The number of hydrogen-bond acceptors (Lipinski definition) is 3. The smallest absolute Gasteiger partial charge is 0.263 e. The highest BCUT2D eigenvalue weighted by atomic mass is 35.5. The minimum Gasteiger partial charge on any atom is -0.345 e. The van der Waals surface area contributed by atoms with E-state index in [2.05, 4.69) is 10.3 Å². The van der Waals surface area contributed by atoms with Gasteiger partial charge in [-0.05, 0) is 37.5 Å². The Morgan fingerprint density at radius 2 is 2.29 bits per heavy atom. The van der Waals surface area contributed by atoms with Gasteiger partial charge in [0, 0.05) is 5.92 Å². The Hall–Kier alpha value is -1.46. The van der Waals surface area contributed by atoms with Crippen LogP contribution in [0.4, 0.5) is 4.39 Å². The molecule has 1 amide bonds. The van der Waals surface area contributed by atoms with Crippen molar-refractivity contribution in [3.63, 3.8) is 0 Å². The van der Waals surface area contributed by atoms with Crippen molar-refractivity contribution >= 4 is 28.8 Å². The number of carbonyl (C=O) groups excluding carboxylic acids is 1. The summed E-state index contributed by atoms with van der Waals surface area (Å²) in [5, 5.41) is 3.98. The third kappa shape index (κ3) is 3.24. The van der Waals surface area contributed by atoms with E-state index >= 15 is 0 Å². The number of nitrogens with zero attached hydrogens (tertiary/aromatic N) is 1. The van der Waals surface area contributed by atoms with Crippen molar-refractivity contribution in [2.75, 3.05) is 0 Å². The standard InChI is InChI=1S/C15H14ClFN2OS/c1-8(10-4-5-12(17)11(16)6-10)19-14(20)13-7-18-15(21-13)9-2-3-9/h4-9H,2-3H2,1H3,(H,19,20). The molecule has 1 saturated carbocycles. The molecular weight excluding hydrogens is 311 g/mol. The summed E-state index contributed by atoms with van der Waals surface area (Å²) in [6, 6.07) is 4.21. The zero-order chi connectivity index (χ0) is 15.0. The van der Waals surface area contributed by atoms with Crippen LogP contribution >= 0.6 is 22.9 Å². The second-order valence-corrected chi connectivity index (χ2v) is 6.68. The van der Waals surface area contributed by atoms with E-state index in [9.17, 15) is 9.18 Å². The predicted octanol–water partition coefficient (Wildman–Crippen LogP) is 4.30. The first-order valence-electron chi connectivity index (χ1n) is 6.76. The van der Waals surface area contributed by atoms with Gasteiger partial charge in [-0.3, -0.25) is 4.79 Å². The minimum atomic E-state index is -0.463. The average Bonchev–Trinajstić information content (AvgIpc) is 3.19. The number of benzene rings is 1. The summed E-state index contributed by atoms with van der Waals surface area (Å²) in [6.45, 7) is 1.84. The van der Waals surface area contributed by atoms with E-state index in [1.807, 2.05) is 6.92 Å². The van der Waals surface area contributed by atoms with Crippen molar-refractivity contribution in [3.8, 4) is 0 Å². The summed E-state index contributed by atoms with van der Waals surface area (Å²) >= 11 is 7.21. The zero-order valence-corrected chi connectivity index (χ0v) is 13.0. The van der Waals surface area contributed by atoms with E-state index < -0.39 is 5.82 Å². The van der Waals surface area contributed by atoms with Gasteiger partial charge in [0.25, 0.3) is 5.91 Å². The lowest BCUT2D eigenvalue weighted by molar-refractivity contribution is 0.0944. The Morgan fingerprint density at radius 3 is 2.95 bits per heavy atom. The molecule has 1 heterocycles. The van der Waals surface area contributed by atoms with Gasteiger partial charge in [-0.2, -0.15) is 0 Å². The van der Waals surface area contributed by atoms with Gasteiger partial charge in [0.15, 0.2) is 0 Å². The molecule has 0 radical (unpaired) electrons. The van der Waals surface area contributed by atoms with Gasteiger partial charge in [-0.25, -0.2) is 9.37 Å². The highest BCUT2D eigenvalue weighted by Crippen LogP contribution is 2.41. The molecule has 2 aromatic rings. The molecule has 0 aliphatic heterocycles. The summed E-state index contributed by atoms with van der Waals surface area (Å²) < 4.78 is 13.1. The molecule has 1 aromatic heterocycles. The fourth-order valence-corrected chi connectivity index (χ4v) is 3.22. The van der Waals surface area contributed by atoms with Crippen molar-refractivity contribution in [3.05, 3.63) is 50.7 Å². The normalized spacial score (nSPS) is 15.8. The lowest BCUT2D eigenvalue weighted by atomic mass is 10.1. The SMILES string of the molecule is CC(NC(=O)c1cnc(C2CC2)s1)c1ccc(F)c(Cl)c1. The molecule has 1 aliphatic carbocycles. The van der Waals surface area contributed by atoms with Crippen LogP contribution in [0.5, 0.6) is 0 Å². The Morgan fingerprint density at radius 1 is 1.52 bits per heavy atom. The van der Waals surface area contributed by atoms with Gasteiger partial charge in [-0.1, -0.05) is 17.7 Å². The zero-order valence-electron chi connectivity index (χ0n) is 11.4. The molecule has 0 saturated heterocycles. The van der Waals surface area contributed by atoms with Crippen LogP contribution in [0.25, 0.3) is 0 Å². The molecule has 1 fully saturated rings. The van der Waals surface area contributed by atoms with Crippen molar-refractivity contribution in [1.29, 1.82) is 0 Å². The third-order valence-electron chi connectivity index (χ3n) is 3.47. The van der Waals surface area contributed by atoms with E-state index in [0.717, 1.165) is 10.6 Å². The van der Waals surface area contributed by atoms with E-state index in [4.69, 9.17) is 11.6 Å². The molecule has 110 valence electrons. The van der Waals surface area contributed by atoms with Crippen molar-refractivity contribution in [1.82, 2.24) is 10.3 Å². The highest BCUT2D eigenvalue weighted by molar-refractivity contribution is 7.13. The number of halogens is 2. The first-order valence-corrected chi connectivity index (χ1v) is 7.95. The van der Waals surface area contributed by atoms with Gasteiger partial charge in [-0.15, -0.1) is 11.3 Å². The van der Waals surface area contributed by atoms with Crippen LogP contribution in [0.2, 0.25) is 5.02 Å². The summed E-state index contributed by atoms with van der Waals surface area (Å²) in [5.74, 6) is -0.0762. The number of hydrogen-bond donors (Lipinski definition) is 1. The van der Waals surface area contributed by atoms with Crippen LogP contribution in [0.15, 0.2) is 24.4 Å². The summed E-state index contributed by atoms with van der Waals surface area (Å²) in [5.41, 5.74) is 0.765. The van der Waals surface area contributed by atoms with Crippen LogP contribution in [0.3, 0.4) is 0 Å². The molecule has 1 aliphatic rings. The van der Waals surface area contributed by atoms with E-state index in [-0.39, 0.29) is 17.0 Å². The van der Waals surface area contributed by atoms with E-state index in [1.54, 1.807) is 12.3 Å². The van der Waals surface area contributed by atoms with Crippen LogP contribution in [0, 0.1) is 5.82 Å². The number of nitrogens with one attached hydrogen (secondary N) is 1. The van der Waals surface area contributed by atoms with Crippen molar-refractivity contribution in [2.45, 2.75) is 31.7 Å². The van der Waals surface area contributed by atoms with E-state index in [0.29, 0.717) is 10.8 Å². The minimum absolute atomic E-state index is 0.0578. The fourth-order valence-electron chi connectivity index (χ4n) is 2.04. The van der Waals surface area contributed by atoms with Crippen molar-refractivity contribution in [2.24, 2.45) is 0 Å². The third-order valence-corrected chi connectivity index (χ3v) is 4.91. The molecule has 1 N–H and O–H groups in total. The van der Waals surface area contributed by atoms with Crippen LogP contribution in [0.1, 0.15) is 52.0 Å². The molecule has 1 unspecified atom stereocenters. The number of amides is 1. The molecule has 21 heavy (non-hydrogen) atoms. The summed E-state index contributed by atoms with van der Waals surface area (Å²) in [7, 11) is 0. The molecule has 1 atom stereocenters. The topological polar surface area (TPSA) is 42.0 Å². The Bertz CT molecular complexity index is 684. The maximum Gasteiger partial charge on any atom is 0.263 e. The Labute approximate surface area is 131 Å². The average molecular weight is 325 g/mol. The predicted molar refractivity (Wildman–Crippen MR) is 81.4 cm³/mol. The quantitative estimate of drug-likeness (QED) is 0.910. The van der Waals surface area contributed by atoms with E-state index in [1.165, 1.54) is 36.3 Å². The number of thiazole rings is 1. The molecular formula is C15H14ClFN2OS. The molecule has 6 heteroatoms. The lowest BCUT2D eigenvalue weighted by Crippen LogP contribution is -2.25. The van der Waals surface area contributed by atoms with Gasteiger partial charge in [0.05, 0.1) is 22.3 Å². The number of aromatic nitrogens is 1. The maximum absolute atomic E-state index is 13.1. The lowest BCUT2D eigenvalue weighted by Gasteiger charge is -2.14. The molecule has 0 bridgehead atoms. The summed E-state index contributed by atoms with van der Waals surface area (Å²) in [4.78, 5) is 17.1. The van der Waals surface area contributed by atoms with Crippen LogP contribution in [-0.2, 0) is 0 Å². The monoisotopic (exact) mass is 324 g/mol.